The van der Waals surface area contributed by atoms with Crippen molar-refractivity contribution in [1.29, 1.82) is 0 Å². The van der Waals surface area contributed by atoms with E-state index in [0.717, 1.165) is 6.42 Å². The summed E-state index contributed by atoms with van der Waals surface area (Å²) < 4.78 is 11.0. The summed E-state index contributed by atoms with van der Waals surface area (Å²) in [7, 11) is 1.95. The predicted octanol–water partition coefficient (Wildman–Crippen LogP) is -1.12. The average Bonchev–Trinajstić information content (AvgIpc) is 2.42. The maximum Gasteiger partial charge on any atom is 0.142 e. The van der Waals surface area contributed by atoms with Gasteiger partial charge in [0, 0.05) is 0 Å². The highest BCUT2D eigenvalue weighted by atomic mass is 16.6. The Morgan fingerprint density at radius 2 is 2.45 bits per heavy atom. The van der Waals surface area contributed by atoms with Crippen LogP contribution in [0.2, 0.25) is 0 Å². The van der Waals surface area contributed by atoms with Crippen molar-refractivity contribution in [2.24, 2.45) is 0 Å². The maximum absolute atomic E-state index is 9.70. The molecule has 2 heterocycles. The van der Waals surface area contributed by atoms with Crippen molar-refractivity contribution in [2.75, 3.05) is 6.61 Å². The molecule has 0 amide bonds. The number of fused-ring (bicyclic) bond motifs is 2. The quantitative estimate of drug-likeness (QED) is 0.489. The van der Waals surface area contributed by atoms with Crippen LogP contribution in [0.15, 0.2) is 0 Å². The lowest BCUT2D eigenvalue weighted by molar-refractivity contribution is -0.118. The molecule has 1 N–H and O–H groups in total. The fraction of sp³-hybridized carbons (Fsp3) is 1.00. The first-order valence-corrected chi connectivity index (χ1v) is 4.17. The monoisotopic (exact) mass is 156 g/mol. The Bertz CT molecular complexity index is 175. The van der Waals surface area contributed by atoms with Gasteiger partial charge in [-0.1, -0.05) is 6.92 Å². The van der Waals surface area contributed by atoms with Crippen LogP contribution in [0, 0.1) is 0 Å². The average molecular weight is 156 g/mol. The molecule has 4 atom stereocenters. The van der Waals surface area contributed by atoms with E-state index >= 15 is 0 Å². The topological polar surface area (TPSA) is 38.7 Å². The van der Waals surface area contributed by atoms with E-state index in [1.54, 1.807) is 0 Å². The maximum atomic E-state index is 9.70. The van der Waals surface area contributed by atoms with E-state index in [1.807, 2.05) is 14.8 Å². The van der Waals surface area contributed by atoms with Crippen molar-refractivity contribution < 1.29 is 14.6 Å². The molecule has 0 spiro atoms. The smallest absolute Gasteiger partial charge is 0.142 e. The highest BCUT2D eigenvalue weighted by Gasteiger charge is 2.58. The van der Waals surface area contributed by atoms with E-state index < -0.39 is 6.10 Å². The number of rotatable bonds is 1. The molecular formula is C7H13BO3. The Morgan fingerprint density at radius 3 is 2.73 bits per heavy atom. The van der Waals surface area contributed by atoms with E-state index in [2.05, 4.69) is 0 Å². The second-order valence-electron chi connectivity index (χ2n) is 3.46. The number of hydrogen-bond donors (Lipinski definition) is 1. The van der Waals surface area contributed by atoms with Crippen LogP contribution in [0.5, 0.6) is 0 Å². The fourth-order valence-corrected chi connectivity index (χ4v) is 2.04. The van der Waals surface area contributed by atoms with Gasteiger partial charge in [0.25, 0.3) is 0 Å². The second-order valence-corrected chi connectivity index (χ2v) is 3.46. The number of hydrogen-bond acceptors (Lipinski definition) is 3. The van der Waals surface area contributed by atoms with Crippen molar-refractivity contribution in [3.05, 3.63) is 0 Å². The first kappa shape index (κ1) is 7.59. The predicted molar refractivity (Wildman–Crippen MR) is 42.2 cm³/mol. The zero-order valence-electron chi connectivity index (χ0n) is 6.91. The van der Waals surface area contributed by atoms with Gasteiger partial charge in [-0.2, -0.15) is 0 Å². The first-order valence-electron chi connectivity index (χ1n) is 4.17. The normalized spacial score (nSPS) is 55.3. The second kappa shape index (κ2) is 2.22. The fourth-order valence-electron chi connectivity index (χ4n) is 2.04. The zero-order chi connectivity index (χ0) is 8.06. The van der Waals surface area contributed by atoms with Crippen LogP contribution in [-0.2, 0) is 9.47 Å². The van der Waals surface area contributed by atoms with Gasteiger partial charge in [-0.3, -0.25) is 0 Å². The summed E-state index contributed by atoms with van der Waals surface area (Å²) in [6, 6.07) is 0.0544. The van der Waals surface area contributed by atoms with Crippen LogP contribution < -0.4 is 0 Å². The molecule has 0 aromatic heterocycles. The minimum absolute atomic E-state index is 0.0544. The molecular weight excluding hydrogens is 143 g/mol. The van der Waals surface area contributed by atoms with Crippen LogP contribution in [0.25, 0.3) is 0 Å². The minimum atomic E-state index is -0.414. The molecule has 2 bridgehead atoms. The van der Waals surface area contributed by atoms with Gasteiger partial charge in [0.05, 0.1) is 12.6 Å². The van der Waals surface area contributed by atoms with Gasteiger partial charge in [-0.05, 0) is 6.42 Å². The Kier molecular flexibility index (Phi) is 1.53. The van der Waals surface area contributed by atoms with Gasteiger partial charge in [-0.15, -0.1) is 0 Å². The Hall–Kier alpha value is -0.0551. The van der Waals surface area contributed by atoms with Crippen molar-refractivity contribution in [1.82, 2.24) is 0 Å². The van der Waals surface area contributed by atoms with Crippen LogP contribution in [0.1, 0.15) is 13.3 Å². The lowest BCUT2D eigenvalue weighted by atomic mass is 9.91. The lowest BCUT2D eigenvalue weighted by Gasteiger charge is -2.28. The van der Waals surface area contributed by atoms with Crippen molar-refractivity contribution >= 4 is 7.85 Å². The number of ether oxygens (including phenoxy) is 2. The Labute approximate surface area is 67.1 Å². The van der Waals surface area contributed by atoms with E-state index in [0.29, 0.717) is 6.61 Å². The number of aliphatic hydroxyl groups is 1. The molecule has 4 heteroatoms. The summed E-state index contributed by atoms with van der Waals surface area (Å²) in [4.78, 5) is 0. The van der Waals surface area contributed by atoms with E-state index in [9.17, 15) is 5.11 Å². The van der Waals surface area contributed by atoms with Crippen LogP contribution in [0.3, 0.4) is 0 Å². The Balaban J connectivity index is 2.24. The highest BCUT2D eigenvalue weighted by Crippen LogP contribution is 2.40. The molecule has 2 rings (SSSR count). The molecule has 2 aliphatic rings. The third-order valence-electron chi connectivity index (χ3n) is 2.85. The van der Waals surface area contributed by atoms with E-state index in [1.165, 1.54) is 0 Å². The summed E-state index contributed by atoms with van der Waals surface area (Å²) in [6.45, 7) is 2.58. The molecule has 2 saturated heterocycles. The highest BCUT2D eigenvalue weighted by molar-refractivity contribution is 6.11. The standard InChI is InChI=1S/C7H13BO3/c1-2-7-3-10-4(5(7)9)6(8)11-7/h4-6,9H,2-3,8H2,1H3/t4-,5?,6+,7-/m0/s1. The summed E-state index contributed by atoms with van der Waals surface area (Å²) in [5.41, 5.74) is -0.385. The molecule has 2 aliphatic heterocycles. The third-order valence-corrected chi connectivity index (χ3v) is 2.85. The van der Waals surface area contributed by atoms with Crippen LogP contribution >= 0.6 is 0 Å². The van der Waals surface area contributed by atoms with Crippen molar-refractivity contribution in [2.45, 2.75) is 37.2 Å². The largest absolute Gasteiger partial charge is 0.387 e. The van der Waals surface area contributed by atoms with Crippen LogP contribution in [0.4, 0.5) is 0 Å². The minimum Gasteiger partial charge on any atom is -0.387 e. The molecule has 0 aliphatic carbocycles. The van der Waals surface area contributed by atoms with Gasteiger partial charge in [0.1, 0.15) is 25.7 Å². The summed E-state index contributed by atoms with van der Waals surface area (Å²) in [6.07, 6.45) is 0.326. The number of aliphatic hydroxyl groups excluding tert-OH is 1. The van der Waals surface area contributed by atoms with Gasteiger partial charge in [-0.25, -0.2) is 0 Å². The molecule has 0 aromatic carbocycles. The SMILES string of the molecule is B[C@@H]1O[C@@]2(CC)CO[C@H]1C2O. The van der Waals surface area contributed by atoms with Gasteiger partial charge < -0.3 is 14.6 Å². The van der Waals surface area contributed by atoms with E-state index in [-0.39, 0.29) is 17.7 Å². The first-order chi connectivity index (χ1) is 5.19. The van der Waals surface area contributed by atoms with E-state index in [4.69, 9.17) is 9.47 Å². The van der Waals surface area contributed by atoms with Crippen molar-refractivity contribution in [3.8, 4) is 0 Å². The summed E-state index contributed by atoms with van der Waals surface area (Å²) in [5, 5.41) is 9.70. The third kappa shape index (κ3) is 0.804. The van der Waals surface area contributed by atoms with Crippen molar-refractivity contribution in [3.63, 3.8) is 0 Å². The summed E-state index contributed by atoms with van der Waals surface area (Å²) in [5.74, 6) is 0. The molecule has 1 unspecified atom stereocenters. The Morgan fingerprint density at radius 1 is 1.73 bits per heavy atom. The molecule has 62 valence electrons. The lowest BCUT2D eigenvalue weighted by Crippen LogP contribution is -2.39. The molecule has 3 nitrogen and oxygen atoms in total. The molecule has 0 aromatic rings. The molecule has 0 saturated carbocycles. The zero-order valence-corrected chi connectivity index (χ0v) is 6.91. The molecule has 0 radical (unpaired) electrons. The molecule has 2 fully saturated rings. The van der Waals surface area contributed by atoms with Crippen LogP contribution in [-0.4, -0.2) is 43.4 Å². The van der Waals surface area contributed by atoms with Gasteiger partial charge in [0.2, 0.25) is 0 Å². The van der Waals surface area contributed by atoms with Gasteiger partial charge >= 0.3 is 0 Å². The van der Waals surface area contributed by atoms with Gasteiger partial charge in [0.15, 0.2) is 0 Å². The summed E-state index contributed by atoms with van der Waals surface area (Å²) >= 11 is 0. The molecule has 11 heavy (non-hydrogen) atoms.